The summed E-state index contributed by atoms with van der Waals surface area (Å²) in [7, 11) is 3.18. The minimum atomic E-state index is -0.957. The van der Waals surface area contributed by atoms with Crippen LogP contribution in [0.3, 0.4) is 0 Å². The molecule has 170 valence electrons. The molecule has 2 amide bonds. The molecular weight excluding hydrogens is 419 g/mol. The van der Waals surface area contributed by atoms with E-state index in [4.69, 9.17) is 4.74 Å². The van der Waals surface area contributed by atoms with E-state index < -0.39 is 28.8 Å². The molecule has 1 aromatic carbocycles. The van der Waals surface area contributed by atoms with Gasteiger partial charge >= 0.3 is 0 Å². The SMILES string of the molecule is COC[C@@H]1CC[C@H]2N(C)C(=O)c3c(O)c(=O)c(C(=O)NCc4cccc(C)c4F)cn3N12. The smallest absolute Gasteiger partial charge is 0.277 e. The Hall–Kier alpha value is -3.40. The fraction of sp³-hybridized carbons (Fsp3) is 0.409. The second-order valence-corrected chi connectivity index (χ2v) is 8.11. The molecule has 0 spiro atoms. The van der Waals surface area contributed by atoms with Gasteiger partial charge in [0, 0.05) is 32.5 Å². The number of hydrogen-bond acceptors (Lipinski definition) is 6. The van der Waals surface area contributed by atoms with Crippen molar-refractivity contribution in [3.05, 3.63) is 62.8 Å². The molecule has 2 N–H and O–H groups in total. The molecule has 2 aliphatic heterocycles. The molecule has 0 unspecified atom stereocenters. The van der Waals surface area contributed by atoms with Gasteiger partial charge in [-0.3, -0.25) is 24.1 Å². The normalized spacial score (nSPS) is 19.7. The van der Waals surface area contributed by atoms with Crippen molar-refractivity contribution in [2.45, 2.75) is 38.5 Å². The second kappa shape index (κ2) is 8.27. The van der Waals surface area contributed by atoms with Gasteiger partial charge in [0.1, 0.15) is 17.5 Å². The molecule has 9 nitrogen and oxygen atoms in total. The average molecular weight is 444 g/mol. The van der Waals surface area contributed by atoms with Crippen molar-refractivity contribution in [1.82, 2.24) is 14.9 Å². The maximum atomic E-state index is 14.2. The molecule has 0 aliphatic carbocycles. The van der Waals surface area contributed by atoms with Crippen molar-refractivity contribution in [3.8, 4) is 5.75 Å². The highest BCUT2D eigenvalue weighted by molar-refractivity contribution is 5.99. The lowest BCUT2D eigenvalue weighted by atomic mass is 10.1. The van der Waals surface area contributed by atoms with Gasteiger partial charge in [0.25, 0.3) is 11.8 Å². The Morgan fingerprint density at radius 1 is 1.31 bits per heavy atom. The molecule has 3 heterocycles. The Bertz CT molecular complexity index is 1150. The van der Waals surface area contributed by atoms with Crippen LogP contribution >= 0.6 is 0 Å². The summed E-state index contributed by atoms with van der Waals surface area (Å²) in [6.07, 6.45) is 2.38. The number of aromatic hydroxyl groups is 1. The lowest BCUT2D eigenvalue weighted by Gasteiger charge is -2.43. The molecule has 2 aromatic rings. The van der Waals surface area contributed by atoms with Gasteiger partial charge in [0.15, 0.2) is 11.4 Å². The topological polar surface area (TPSA) is 104 Å². The Labute approximate surface area is 184 Å². The second-order valence-electron chi connectivity index (χ2n) is 8.11. The van der Waals surface area contributed by atoms with Crippen molar-refractivity contribution in [3.63, 3.8) is 0 Å². The summed E-state index contributed by atoms with van der Waals surface area (Å²) in [6.45, 7) is 1.86. The Morgan fingerprint density at radius 2 is 2.06 bits per heavy atom. The zero-order valence-corrected chi connectivity index (χ0v) is 18.1. The molecule has 0 radical (unpaired) electrons. The largest absolute Gasteiger partial charge is 0.502 e. The molecule has 10 heteroatoms. The average Bonchev–Trinajstić information content (AvgIpc) is 3.19. The summed E-state index contributed by atoms with van der Waals surface area (Å²) < 4.78 is 20.9. The predicted octanol–water partition coefficient (Wildman–Crippen LogP) is 1.09. The first-order chi connectivity index (χ1) is 15.3. The van der Waals surface area contributed by atoms with Gasteiger partial charge in [0.2, 0.25) is 5.43 Å². The first kappa shape index (κ1) is 21.8. The first-order valence-corrected chi connectivity index (χ1v) is 10.3. The third kappa shape index (κ3) is 3.40. The number of amides is 2. The van der Waals surface area contributed by atoms with Crippen LogP contribution in [-0.4, -0.2) is 59.5 Å². The molecule has 32 heavy (non-hydrogen) atoms. The van der Waals surface area contributed by atoms with E-state index in [-0.39, 0.29) is 35.6 Å². The van der Waals surface area contributed by atoms with Crippen LogP contribution in [0.2, 0.25) is 0 Å². The number of pyridine rings is 1. The number of carbonyl (C=O) groups excluding carboxylic acids is 2. The fourth-order valence-corrected chi connectivity index (χ4v) is 4.44. The summed E-state index contributed by atoms with van der Waals surface area (Å²) in [5.74, 6) is -2.51. The lowest BCUT2D eigenvalue weighted by Crippen LogP contribution is -2.60. The highest BCUT2D eigenvalue weighted by atomic mass is 19.1. The number of fused-ring (bicyclic) bond motifs is 3. The van der Waals surface area contributed by atoms with E-state index in [1.807, 2.05) is 5.01 Å². The van der Waals surface area contributed by atoms with Crippen molar-refractivity contribution >= 4 is 11.8 Å². The molecule has 0 bridgehead atoms. The fourth-order valence-electron chi connectivity index (χ4n) is 4.44. The number of benzene rings is 1. The van der Waals surface area contributed by atoms with Crippen LogP contribution in [-0.2, 0) is 11.3 Å². The molecule has 1 aromatic heterocycles. The molecule has 4 rings (SSSR count). The van der Waals surface area contributed by atoms with Gasteiger partial charge in [-0.1, -0.05) is 18.2 Å². The minimum Gasteiger partial charge on any atom is -0.502 e. The van der Waals surface area contributed by atoms with Crippen molar-refractivity contribution in [1.29, 1.82) is 0 Å². The number of rotatable bonds is 5. The van der Waals surface area contributed by atoms with Crippen molar-refractivity contribution in [2.24, 2.45) is 0 Å². The third-order valence-electron chi connectivity index (χ3n) is 6.14. The quantitative estimate of drug-likeness (QED) is 0.716. The Morgan fingerprint density at radius 3 is 2.78 bits per heavy atom. The standard InChI is InChI=1S/C22H25FN4O5/c1-12-5-4-6-13(17(12)23)9-24-21(30)15-10-26-18(20(29)19(15)28)22(31)25(2)16-8-7-14(11-32-3)27(16)26/h4-6,10,14,16,29H,7-9,11H2,1-3H3,(H,24,30)/t14-,16-/m0/s1. The highest BCUT2D eigenvalue weighted by Crippen LogP contribution is 2.32. The number of carbonyl (C=O) groups is 2. The molecule has 1 fully saturated rings. The number of nitrogens with zero attached hydrogens (tertiary/aromatic N) is 3. The molecule has 2 atom stereocenters. The van der Waals surface area contributed by atoms with E-state index in [1.54, 1.807) is 39.3 Å². The number of nitrogens with one attached hydrogen (secondary N) is 1. The summed E-state index contributed by atoms with van der Waals surface area (Å²) >= 11 is 0. The summed E-state index contributed by atoms with van der Waals surface area (Å²) in [6, 6.07) is 4.72. The van der Waals surface area contributed by atoms with Gasteiger partial charge in [-0.15, -0.1) is 0 Å². The number of halogens is 1. The van der Waals surface area contributed by atoms with E-state index in [0.717, 1.165) is 6.42 Å². The number of methoxy groups -OCH3 is 1. The monoisotopic (exact) mass is 444 g/mol. The zero-order valence-electron chi connectivity index (χ0n) is 18.1. The molecule has 0 saturated carbocycles. The molecular formula is C22H25FN4O5. The van der Waals surface area contributed by atoms with E-state index in [9.17, 15) is 23.9 Å². The highest BCUT2D eigenvalue weighted by Gasteiger charge is 2.45. The zero-order chi connectivity index (χ0) is 23.2. The van der Waals surface area contributed by atoms with Crippen LogP contribution in [0.4, 0.5) is 4.39 Å². The van der Waals surface area contributed by atoms with Crippen LogP contribution in [0.5, 0.6) is 5.75 Å². The van der Waals surface area contributed by atoms with Crippen LogP contribution in [0.1, 0.15) is 44.8 Å². The van der Waals surface area contributed by atoms with E-state index in [0.29, 0.717) is 18.6 Å². The van der Waals surface area contributed by atoms with Gasteiger partial charge in [-0.05, 0) is 25.3 Å². The maximum Gasteiger partial charge on any atom is 0.277 e. The summed E-state index contributed by atoms with van der Waals surface area (Å²) in [5, 5.41) is 15.0. The maximum absolute atomic E-state index is 14.2. The Balaban J connectivity index is 1.71. The van der Waals surface area contributed by atoms with E-state index in [2.05, 4.69) is 5.32 Å². The van der Waals surface area contributed by atoms with Crippen LogP contribution in [0, 0.1) is 12.7 Å². The van der Waals surface area contributed by atoms with Gasteiger partial charge in [-0.25, -0.2) is 4.39 Å². The number of ether oxygens (including phenoxy) is 1. The number of aromatic nitrogens is 1. The van der Waals surface area contributed by atoms with Crippen LogP contribution in [0.15, 0.2) is 29.2 Å². The van der Waals surface area contributed by atoms with Crippen LogP contribution in [0.25, 0.3) is 0 Å². The minimum absolute atomic E-state index is 0.112. The van der Waals surface area contributed by atoms with E-state index in [1.165, 1.54) is 15.8 Å². The lowest BCUT2D eigenvalue weighted by molar-refractivity contribution is 0.0634. The third-order valence-corrected chi connectivity index (χ3v) is 6.14. The first-order valence-electron chi connectivity index (χ1n) is 10.3. The van der Waals surface area contributed by atoms with Crippen LogP contribution < -0.4 is 15.8 Å². The predicted molar refractivity (Wildman–Crippen MR) is 114 cm³/mol. The van der Waals surface area contributed by atoms with Crippen molar-refractivity contribution in [2.75, 3.05) is 25.8 Å². The summed E-state index contributed by atoms with van der Waals surface area (Å²) in [5.41, 5.74) is -0.773. The molecule has 1 saturated heterocycles. The number of aryl methyl sites for hydroxylation is 1. The summed E-state index contributed by atoms with van der Waals surface area (Å²) in [4.78, 5) is 39.9. The Kier molecular flexibility index (Phi) is 5.64. The number of hydrogen-bond donors (Lipinski definition) is 2. The molecule has 2 aliphatic rings. The van der Waals surface area contributed by atoms with Gasteiger partial charge in [-0.2, -0.15) is 0 Å². The van der Waals surface area contributed by atoms with E-state index >= 15 is 0 Å². The van der Waals surface area contributed by atoms with Gasteiger partial charge < -0.3 is 20.1 Å². The van der Waals surface area contributed by atoms with Gasteiger partial charge in [0.05, 0.1) is 12.6 Å². The van der Waals surface area contributed by atoms with Crippen molar-refractivity contribution < 1.29 is 23.8 Å².